The van der Waals surface area contributed by atoms with Crippen LogP contribution < -0.4 is 10.4 Å². The van der Waals surface area contributed by atoms with Crippen molar-refractivity contribution in [1.29, 1.82) is 0 Å². The normalized spacial score (nSPS) is 12.0. The Balaban J connectivity index is 1.96. The summed E-state index contributed by atoms with van der Waals surface area (Å²) in [4.78, 5) is 45.7. The molecule has 0 saturated carbocycles. The number of unbranched alkanes of at least 4 members (excludes halogenated alkanes) is 4. The smallest absolute Gasteiger partial charge is 0.290 e. The molecule has 0 fully saturated rings. The zero-order valence-electron chi connectivity index (χ0n) is 22.9. The van der Waals surface area contributed by atoms with Gasteiger partial charge in [0.2, 0.25) is 6.29 Å². The van der Waals surface area contributed by atoms with Crippen LogP contribution in [0, 0.1) is 0 Å². The van der Waals surface area contributed by atoms with E-state index in [9.17, 15) is 9.59 Å². The van der Waals surface area contributed by atoms with Gasteiger partial charge in [-0.15, -0.1) is 9.78 Å². The van der Waals surface area contributed by atoms with E-state index >= 15 is 0 Å². The Morgan fingerprint density at radius 1 is 0.639 bits per heavy atom. The Bertz CT molecular complexity index is 886. The summed E-state index contributed by atoms with van der Waals surface area (Å²) in [5.41, 5.74) is 0.774. The van der Waals surface area contributed by atoms with Crippen LogP contribution in [0.1, 0.15) is 66.2 Å². The second-order valence-corrected chi connectivity index (χ2v) is 21.4. The van der Waals surface area contributed by atoms with Gasteiger partial charge in [-0.25, -0.2) is 9.59 Å². The molecular weight excluding hydrogens is 488 g/mol. The third-order valence-corrected chi connectivity index (χ3v) is 10.1. The second kappa shape index (κ2) is 13.9. The summed E-state index contributed by atoms with van der Waals surface area (Å²) < 4.78 is 0. The summed E-state index contributed by atoms with van der Waals surface area (Å²) in [6.45, 7) is 15.6. The number of carbonyl (C=O) groups excluding carboxylic acids is 2. The van der Waals surface area contributed by atoms with Gasteiger partial charge in [0.05, 0.1) is 27.3 Å². The van der Waals surface area contributed by atoms with E-state index in [2.05, 4.69) is 46.2 Å². The molecule has 0 spiro atoms. The van der Waals surface area contributed by atoms with E-state index in [1.165, 1.54) is 10.4 Å². The lowest BCUT2D eigenvalue weighted by Crippen LogP contribution is -2.37. The number of carbonyl (C=O) groups is 2. The molecule has 198 valence electrons. The predicted molar refractivity (Wildman–Crippen MR) is 149 cm³/mol. The largest absolute Gasteiger partial charge is 0.373 e. The van der Waals surface area contributed by atoms with Crippen LogP contribution in [0.2, 0.25) is 39.3 Å². The molecule has 0 atom stereocenters. The lowest BCUT2D eigenvalue weighted by Gasteiger charge is -2.17. The molecule has 0 bridgehead atoms. The predicted octanol–water partition coefficient (Wildman–Crippen LogP) is 6.34. The van der Waals surface area contributed by atoms with E-state index in [0.717, 1.165) is 32.1 Å². The summed E-state index contributed by atoms with van der Waals surface area (Å²) in [6.07, 6.45) is 4.56. The minimum atomic E-state index is -1.46. The first-order valence-corrected chi connectivity index (χ1v) is 19.9. The maximum Gasteiger partial charge on any atom is 0.373 e. The van der Waals surface area contributed by atoms with Gasteiger partial charge in [0.15, 0.2) is 0 Å². The van der Waals surface area contributed by atoms with Crippen molar-refractivity contribution in [2.24, 2.45) is 0 Å². The van der Waals surface area contributed by atoms with Crippen molar-refractivity contribution in [3.63, 3.8) is 0 Å². The molecule has 0 saturated heterocycles. The van der Waals surface area contributed by atoms with E-state index in [4.69, 9.17) is 19.6 Å². The summed E-state index contributed by atoms with van der Waals surface area (Å²) in [6, 6.07) is 14.8. The van der Waals surface area contributed by atoms with Gasteiger partial charge in [0.1, 0.15) is 0 Å². The van der Waals surface area contributed by atoms with Crippen molar-refractivity contribution in [3.05, 3.63) is 59.7 Å². The summed E-state index contributed by atoms with van der Waals surface area (Å²) >= 11 is 0. The summed E-state index contributed by atoms with van der Waals surface area (Å²) in [5.74, 6) is -1.24. The first kappa shape index (κ1) is 30.0. The summed E-state index contributed by atoms with van der Waals surface area (Å²) in [5, 5.41) is 2.50. The second-order valence-electron chi connectivity index (χ2n) is 11.2. The van der Waals surface area contributed by atoms with E-state index in [-0.39, 0.29) is 0 Å². The van der Waals surface area contributed by atoms with Gasteiger partial charge in [0, 0.05) is 6.42 Å². The van der Waals surface area contributed by atoms with Gasteiger partial charge in [-0.2, -0.15) is 0 Å². The molecule has 0 radical (unpaired) electrons. The van der Waals surface area contributed by atoms with Crippen LogP contribution in [-0.4, -0.2) is 34.4 Å². The summed E-state index contributed by atoms with van der Waals surface area (Å²) in [7, 11) is -2.93. The van der Waals surface area contributed by atoms with Crippen molar-refractivity contribution < 1.29 is 29.1 Å². The Kier molecular flexibility index (Phi) is 11.6. The van der Waals surface area contributed by atoms with Gasteiger partial charge in [-0.3, -0.25) is 9.78 Å². The minimum Gasteiger partial charge on any atom is -0.290 e. The molecular formula is C28H42O6Si2. The molecule has 2 aromatic carbocycles. The van der Waals surface area contributed by atoms with Crippen LogP contribution in [0.3, 0.4) is 0 Å². The van der Waals surface area contributed by atoms with Gasteiger partial charge in [-0.1, -0.05) is 107 Å². The topological polar surface area (TPSA) is 71.1 Å². The highest BCUT2D eigenvalue weighted by atomic mass is 28.3. The standard InChI is InChI=1S/C28H42O6Si2/c1-8-9-10-11-12-13-26(31-33-27(29)22-14-18-24(19-15-22)35(2,3)4)32-34-28(30)23-16-20-25(21-17-23)36(5,6)7/h14-21,26H,8-13H2,1-7H3. The van der Waals surface area contributed by atoms with Gasteiger partial charge < -0.3 is 0 Å². The first-order chi connectivity index (χ1) is 16.9. The number of rotatable bonds is 14. The van der Waals surface area contributed by atoms with Gasteiger partial charge >= 0.3 is 11.9 Å². The molecule has 8 heteroatoms. The van der Waals surface area contributed by atoms with Crippen molar-refractivity contribution in [2.75, 3.05) is 0 Å². The number of hydrogen-bond acceptors (Lipinski definition) is 6. The zero-order valence-corrected chi connectivity index (χ0v) is 24.9. The highest BCUT2D eigenvalue weighted by Gasteiger charge is 2.22. The zero-order chi connectivity index (χ0) is 26.8. The lowest BCUT2D eigenvalue weighted by atomic mass is 10.1. The van der Waals surface area contributed by atoms with Crippen molar-refractivity contribution >= 4 is 38.5 Å². The molecule has 0 N–H and O–H groups in total. The van der Waals surface area contributed by atoms with Crippen LogP contribution in [-0.2, 0) is 19.6 Å². The molecule has 0 aliphatic carbocycles. The average Bonchev–Trinajstić information content (AvgIpc) is 2.83. The van der Waals surface area contributed by atoms with Crippen molar-refractivity contribution in [1.82, 2.24) is 0 Å². The third kappa shape index (κ3) is 10.0. The molecule has 0 amide bonds. The highest BCUT2D eigenvalue weighted by molar-refractivity contribution is 6.89. The van der Waals surface area contributed by atoms with E-state index in [1.54, 1.807) is 24.3 Å². The Labute approximate surface area is 218 Å². The molecule has 0 aliphatic rings. The lowest BCUT2D eigenvalue weighted by molar-refractivity contribution is -0.421. The van der Waals surface area contributed by atoms with E-state index < -0.39 is 34.4 Å². The Morgan fingerprint density at radius 3 is 1.39 bits per heavy atom. The number of benzene rings is 2. The molecule has 0 aliphatic heterocycles. The quantitative estimate of drug-likeness (QED) is 0.0933. The van der Waals surface area contributed by atoms with Gasteiger partial charge in [0.25, 0.3) is 0 Å². The molecule has 0 aromatic heterocycles. The first-order valence-electron chi connectivity index (χ1n) is 12.9. The molecule has 36 heavy (non-hydrogen) atoms. The Morgan fingerprint density at radius 2 is 1.03 bits per heavy atom. The van der Waals surface area contributed by atoms with Crippen LogP contribution in [0.5, 0.6) is 0 Å². The molecule has 6 nitrogen and oxygen atoms in total. The third-order valence-electron chi connectivity index (χ3n) is 5.98. The fourth-order valence-electron chi connectivity index (χ4n) is 3.53. The van der Waals surface area contributed by atoms with Crippen molar-refractivity contribution in [2.45, 2.75) is 91.0 Å². The maximum absolute atomic E-state index is 12.5. The number of hydrogen-bond donors (Lipinski definition) is 0. The maximum atomic E-state index is 12.5. The van der Waals surface area contributed by atoms with Gasteiger partial charge in [-0.05, 0) is 30.7 Å². The minimum absolute atomic E-state index is 0.387. The Hall–Kier alpha value is -2.27. The van der Waals surface area contributed by atoms with Crippen molar-refractivity contribution in [3.8, 4) is 0 Å². The molecule has 0 heterocycles. The van der Waals surface area contributed by atoms with E-state index in [0.29, 0.717) is 17.5 Å². The van der Waals surface area contributed by atoms with Crippen LogP contribution >= 0.6 is 0 Å². The highest BCUT2D eigenvalue weighted by Crippen LogP contribution is 2.14. The average molecular weight is 531 g/mol. The monoisotopic (exact) mass is 530 g/mol. The van der Waals surface area contributed by atoms with Crippen LogP contribution in [0.4, 0.5) is 0 Å². The van der Waals surface area contributed by atoms with Crippen LogP contribution in [0.25, 0.3) is 0 Å². The molecule has 2 rings (SSSR count). The SMILES string of the molecule is CCCCCCCC(OOC(=O)c1ccc([Si](C)(C)C)cc1)OOC(=O)c1ccc([Si](C)(C)C)cc1. The van der Waals surface area contributed by atoms with Crippen LogP contribution in [0.15, 0.2) is 48.5 Å². The molecule has 0 unspecified atom stereocenters. The fourth-order valence-corrected chi connectivity index (χ4v) is 5.86. The molecule has 2 aromatic rings. The van der Waals surface area contributed by atoms with E-state index in [1.807, 2.05) is 24.3 Å². The fraction of sp³-hybridized carbons (Fsp3) is 0.500.